The molecule has 0 aliphatic heterocycles. The Labute approximate surface area is 185 Å². The van der Waals surface area contributed by atoms with E-state index in [-0.39, 0.29) is 0 Å². The molecule has 0 heteroatoms. The fourth-order valence-corrected chi connectivity index (χ4v) is 6.20. The molecule has 2 aliphatic rings. The minimum Gasteiger partial charge on any atom is -0.0883 e. The van der Waals surface area contributed by atoms with Crippen LogP contribution < -0.4 is 0 Å². The molecule has 2 saturated carbocycles. The van der Waals surface area contributed by atoms with E-state index in [1.807, 2.05) is 0 Å². The summed E-state index contributed by atoms with van der Waals surface area (Å²) < 4.78 is 0. The highest BCUT2D eigenvalue weighted by Crippen LogP contribution is 2.44. The molecule has 4 rings (SSSR count). The van der Waals surface area contributed by atoms with E-state index < -0.39 is 0 Å². The van der Waals surface area contributed by atoms with Crippen LogP contribution >= 0.6 is 0 Å². The van der Waals surface area contributed by atoms with Gasteiger partial charge < -0.3 is 0 Å². The molecule has 0 saturated heterocycles. The Morgan fingerprint density at radius 2 is 1.40 bits per heavy atom. The van der Waals surface area contributed by atoms with Gasteiger partial charge in [0.05, 0.1) is 0 Å². The molecule has 2 aliphatic carbocycles. The monoisotopic (exact) mass is 402 g/mol. The van der Waals surface area contributed by atoms with E-state index in [1.54, 1.807) is 5.56 Å². The van der Waals surface area contributed by atoms with E-state index >= 15 is 0 Å². The molecule has 0 radical (unpaired) electrons. The van der Waals surface area contributed by atoms with Crippen LogP contribution in [0.25, 0.3) is 10.8 Å². The minimum absolute atomic E-state index is 0.786. The molecule has 0 spiro atoms. The van der Waals surface area contributed by atoms with Gasteiger partial charge in [-0.25, -0.2) is 0 Å². The predicted octanol–water partition coefficient (Wildman–Crippen LogP) is 9.23. The van der Waals surface area contributed by atoms with Crippen LogP contribution in [0.5, 0.6) is 0 Å². The lowest BCUT2D eigenvalue weighted by atomic mass is 9.68. The Bertz CT molecular complexity index is 813. The molecular weight excluding hydrogens is 360 g/mol. The second-order valence-electron chi connectivity index (χ2n) is 10.2. The van der Waals surface area contributed by atoms with E-state index in [9.17, 15) is 0 Å². The van der Waals surface area contributed by atoms with Crippen molar-refractivity contribution in [2.24, 2.45) is 17.8 Å². The summed E-state index contributed by atoms with van der Waals surface area (Å²) in [5.74, 6) is 3.67. The van der Waals surface area contributed by atoms with Crippen molar-refractivity contribution in [1.82, 2.24) is 0 Å². The standard InChI is InChI=1S/C30H42/c1-3-5-6-8-23-9-12-25(13-10-23)26-15-17-27(18-16-26)29-20-19-28-21-24(7-4-2)11-14-30(28)22-29/h6,8,11,14,19-23,25-27H,3-5,7,9-10,12-13,15-18H2,1-2H3/b8-6+. The van der Waals surface area contributed by atoms with Gasteiger partial charge in [0, 0.05) is 0 Å². The van der Waals surface area contributed by atoms with E-state index in [1.165, 1.54) is 93.4 Å². The summed E-state index contributed by atoms with van der Waals surface area (Å²) in [6.45, 7) is 4.54. The number of unbranched alkanes of at least 4 members (excludes halogenated alkanes) is 1. The van der Waals surface area contributed by atoms with Gasteiger partial charge in [-0.05, 0) is 110 Å². The molecule has 0 nitrogen and oxygen atoms in total. The first kappa shape index (κ1) is 21.7. The molecule has 0 unspecified atom stereocenters. The molecule has 0 heterocycles. The summed E-state index contributed by atoms with van der Waals surface area (Å²) in [4.78, 5) is 0. The maximum absolute atomic E-state index is 2.53. The lowest BCUT2D eigenvalue weighted by molar-refractivity contribution is 0.171. The van der Waals surface area contributed by atoms with Crippen LogP contribution in [0.3, 0.4) is 0 Å². The Balaban J connectivity index is 1.30. The summed E-state index contributed by atoms with van der Waals surface area (Å²) in [7, 11) is 0. The number of allylic oxidation sites excluding steroid dienone is 2. The number of benzene rings is 2. The first-order valence-electron chi connectivity index (χ1n) is 13.0. The molecule has 0 N–H and O–H groups in total. The Hall–Kier alpha value is -1.56. The zero-order chi connectivity index (χ0) is 20.8. The molecule has 0 bridgehead atoms. The van der Waals surface area contributed by atoms with Gasteiger partial charge in [-0.15, -0.1) is 0 Å². The van der Waals surface area contributed by atoms with Crippen molar-refractivity contribution >= 4 is 10.8 Å². The molecule has 2 aromatic carbocycles. The van der Waals surface area contributed by atoms with Gasteiger partial charge in [0.1, 0.15) is 0 Å². The second kappa shape index (κ2) is 10.7. The van der Waals surface area contributed by atoms with Gasteiger partial charge in [-0.3, -0.25) is 0 Å². The number of hydrogen-bond acceptors (Lipinski definition) is 0. The van der Waals surface area contributed by atoms with Crippen molar-refractivity contribution in [2.45, 2.75) is 96.8 Å². The fourth-order valence-electron chi connectivity index (χ4n) is 6.20. The quantitative estimate of drug-likeness (QED) is 0.405. The zero-order valence-corrected chi connectivity index (χ0v) is 19.4. The van der Waals surface area contributed by atoms with Crippen molar-refractivity contribution in [1.29, 1.82) is 0 Å². The van der Waals surface area contributed by atoms with Crippen molar-refractivity contribution < 1.29 is 0 Å². The van der Waals surface area contributed by atoms with Crippen molar-refractivity contribution in [3.05, 3.63) is 59.7 Å². The number of fused-ring (bicyclic) bond motifs is 1. The van der Waals surface area contributed by atoms with E-state index in [2.05, 4.69) is 62.4 Å². The van der Waals surface area contributed by atoms with Gasteiger partial charge in [-0.2, -0.15) is 0 Å². The topological polar surface area (TPSA) is 0 Å². The Morgan fingerprint density at radius 1 is 0.733 bits per heavy atom. The minimum atomic E-state index is 0.786. The Kier molecular flexibility index (Phi) is 7.69. The summed E-state index contributed by atoms with van der Waals surface area (Å²) in [6, 6.07) is 14.4. The van der Waals surface area contributed by atoms with Crippen LogP contribution in [-0.2, 0) is 6.42 Å². The highest BCUT2D eigenvalue weighted by molar-refractivity contribution is 5.84. The van der Waals surface area contributed by atoms with Crippen LogP contribution in [0.1, 0.15) is 102 Å². The van der Waals surface area contributed by atoms with Gasteiger partial charge in [0.15, 0.2) is 0 Å². The summed E-state index contributed by atoms with van der Waals surface area (Å²) in [5.41, 5.74) is 3.07. The lowest BCUT2D eigenvalue weighted by Crippen LogP contribution is -2.25. The SMILES string of the molecule is CCC/C=C/C1CCC(C2CCC(c3ccc4cc(CCC)ccc4c3)CC2)CC1. The average molecular weight is 403 g/mol. The van der Waals surface area contributed by atoms with Crippen molar-refractivity contribution in [3.8, 4) is 0 Å². The van der Waals surface area contributed by atoms with Crippen LogP contribution in [0.15, 0.2) is 48.6 Å². The number of aryl methyl sites for hydroxylation is 1. The van der Waals surface area contributed by atoms with E-state index in [0.717, 1.165) is 23.7 Å². The zero-order valence-electron chi connectivity index (χ0n) is 19.4. The van der Waals surface area contributed by atoms with Crippen LogP contribution in [0.4, 0.5) is 0 Å². The van der Waals surface area contributed by atoms with Crippen LogP contribution in [0.2, 0.25) is 0 Å². The average Bonchev–Trinajstić information content (AvgIpc) is 2.80. The van der Waals surface area contributed by atoms with Gasteiger partial charge in [-0.1, -0.05) is 75.2 Å². The van der Waals surface area contributed by atoms with E-state index in [0.29, 0.717) is 0 Å². The molecular formula is C30H42. The molecule has 0 aromatic heterocycles. The van der Waals surface area contributed by atoms with Crippen molar-refractivity contribution in [2.75, 3.05) is 0 Å². The fraction of sp³-hybridized carbons (Fsp3) is 0.600. The largest absolute Gasteiger partial charge is 0.0883 e. The molecule has 0 amide bonds. The smallest absolute Gasteiger partial charge is 0.0162 e. The first-order valence-corrected chi connectivity index (χ1v) is 13.0. The molecule has 2 fully saturated rings. The summed E-state index contributed by atoms with van der Waals surface area (Å²) in [5, 5.41) is 2.85. The lowest BCUT2D eigenvalue weighted by Gasteiger charge is -2.37. The van der Waals surface area contributed by atoms with Gasteiger partial charge >= 0.3 is 0 Å². The third-order valence-electron chi connectivity index (χ3n) is 8.06. The normalized spacial score (nSPS) is 27.7. The molecule has 162 valence electrons. The number of rotatable bonds is 7. The van der Waals surface area contributed by atoms with Crippen molar-refractivity contribution in [3.63, 3.8) is 0 Å². The highest BCUT2D eigenvalue weighted by Gasteiger charge is 2.30. The first-order chi connectivity index (χ1) is 14.8. The molecule has 2 aromatic rings. The van der Waals surface area contributed by atoms with Gasteiger partial charge in [0.2, 0.25) is 0 Å². The van der Waals surface area contributed by atoms with E-state index in [4.69, 9.17) is 0 Å². The summed E-state index contributed by atoms with van der Waals surface area (Å²) in [6.07, 6.45) is 21.5. The highest BCUT2D eigenvalue weighted by atomic mass is 14.4. The molecule has 0 atom stereocenters. The third-order valence-corrected chi connectivity index (χ3v) is 8.06. The number of hydrogen-bond donors (Lipinski definition) is 0. The van der Waals surface area contributed by atoms with Crippen LogP contribution in [0, 0.1) is 17.8 Å². The maximum atomic E-state index is 2.53. The Morgan fingerprint density at radius 3 is 2.10 bits per heavy atom. The molecule has 30 heavy (non-hydrogen) atoms. The maximum Gasteiger partial charge on any atom is -0.0162 e. The third kappa shape index (κ3) is 5.37. The predicted molar refractivity (Wildman–Crippen MR) is 132 cm³/mol. The van der Waals surface area contributed by atoms with Gasteiger partial charge in [0.25, 0.3) is 0 Å². The summed E-state index contributed by atoms with van der Waals surface area (Å²) >= 11 is 0. The second-order valence-corrected chi connectivity index (χ2v) is 10.2. The van der Waals surface area contributed by atoms with Crippen LogP contribution in [-0.4, -0.2) is 0 Å².